The van der Waals surface area contributed by atoms with Crippen molar-refractivity contribution in [2.45, 2.75) is 26.2 Å². The molecule has 130 valence electrons. The van der Waals surface area contributed by atoms with E-state index in [1.807, 2.05) is 11.8 Å². The van der Waals surface area contributed by atoms with E-state index in [0.29, 0.717) is 5.96 Å². The molecule has 0 radical (unpaired) electrons. The SMILES string of the molecule is CCNC(=NCC(=O)N1CCCC1)NCCc1ccc(Br)s1.I. The van der Waals surface area contributed by atoms with Crippen LogP contribution in [0.2, 0.25) is 0 Å². The van der Waals surface area contributed by atoms with Crippen LogP contribution in [-0.4, -0.2) is 49.5 Å². The number of nitrogens with zero attached hydrogens (tertiary/aromatic N) is 2. The van der Waals surface area contributed by atoms with Crippen LogP contribution in [0.4, 0.5) is 0 Å². The van der Waals surface area contributed by atoms with Crippen molar-refractivity contribution in [2.24, 2.45) is 4.99 Å². The largest absolute Gasteiger partial charge is 0.357 e. The summed E-state index contributed by atoms with van der Waals surface area (Å²) >= 11 is 5.21. The second-order valence-electron chi connectivity index (χ2n) is 5.17. The zero-order valence-electron chi connectivity index (χ0n) is 13.3. The lowest BCUT2D eigenvalue weighted by Gasteiger charge is -2.15. The lowest BCUT2D eigenvalue weighted by molar-refractivity contribution is -0.128. The Balaban J connectivity index is 0.00000264. The first-order valence-corrected chi connectivity index (χ1v) is 9.34. The van der Waals surface area contributed by atoms with Crippen LogP contribution in [0.3, 0.4) is 0 Å². The number of hydrogen-bond donors (Lipinski definition) is 2. The van der Waals surface area contributed by atoms with Crippen molar-refractivity contribution in [3.05, 3.63) is 20.8 Å². The second-order valence-corrected chi connectivity index (χ2v) is 7.71. The van der Waals surface area contributed by atoms with Crippen molar-refractivity contribution < 1.29 is 4.79 Å². The first kappa shape index (κ1) is 20.7. The van der Waals surface area contributed by atoms with Gasteiger partial charge in [-0.2, -0.15) is 0 Å². The molecule has 1 aromatic heterocycles. The number of thiophene rings is 1. The molecular formula is C15H24BrIN4OS. The Morgan fingerprint density at radius 1 is 1.35 bits per heavy atom. The predicted octanol–water partition coefficient (Wildman–Crippen LogP) is 2.85. The number of carbonyl (C=O) groups is 1. The van der Waals surface area contributed by atoms with Crippen molar-refractivity contribution >= 4 is 63.1 Å². The van der Waals surface area contributed by atoms with Crippen molar-refractivity contribution in [1.29, 1.82) is 0 Å². The van der Waals surface area contributed by atoms with E-state index in [4.69, 9.17) is 0 Å². The van der Waals surface area contributed by atoms with Gasteiger partial charge in [-0.05, 0) is 54.2 Å². The van der Waals surface area contributed by atoms with Crippen molar-refractivity contribution in [1.82, 2.24) is 15.5 Å². The highest BCUT2D eigenvalue weighted by molar-refractivity contribution is 14.0. The molecule has 0 bridgehead atoms. The van der Waals surface area contributed by atoms with Crippen molar-refractivity contribution in [3.8, 4) is 0 Å². The number of rotatable bonds is 6. The molecule has 0 unspecified atom stereocenters. The highest BCUT2D eigenvalue weighted by Crippen LogP contribution is 2.21. The van der Waals surface area contributed by atoms with Crippen LogP contribution in [-0.2, 0) is 11.2 Å². The van der Waals surface area contributed by atoms with Crippen molar-refractivity contribution in [3.63, 3.8) is 0 Å². The molecular weight excluding hydrogens is 491 g/mol. The molecule has 8 heteroatoms. The van der Waals surface area contributed by atoms with E-state index < -0.39 is 0 Å². The Morgan fingerprint density at radius 2 is 2.09 bits per heavy atom. The molecule has 5 nitrogen and oxygen atoms in total. The molecule has 1 fully saturated rings. The highest BCUT2D eigenvalue weighted by Gasteiger charge is 2.17. The maximum Gasteiger partial charge on any atom is 0.244 e. The average molecular weight is 515 g/mol. The quantitative estimate of drug-likeness (QED) is 0.348. The van der Waals surface area contributed by atoms with Gasteiger partial charge in [0.05, 0.1) is 3.79 Å². The van der Waals surface area contributed by atoms with E-state index in [2.05, 4.69) is 43.7 Å². The normalized spacial score (nSPS) is 14.5. The number of carbonyl (C=O) groups excluding carboxylic acids is 1. The predicted molar refractivity (Wildman–Crippen MR) is 111 cm³/mol. The Hall–Kier alpha value is -0.350. The number of hydrogen-bond acceptors (Lipinski definition) is 3. The third-order valence-corrected chi connectivity index (χ3v) is 5.15. The topological polar surface area (TPSA) is 56.7 Å². The molecule has 1 aliphatic heterocycles. The van der Waals surface area contributed by atoms with E-state index in [-0.39, 0.29) is 36.4 Å². The smallest absolute Gasteiger partial charge is 0.244 e. The highest BCUT2D eigenvalue weighted by atomic mass is 127. The fourth-order valence-corrected chi connectivity index (χ4v) is 3.83. The van der Waals surface area contributed by atoms with E-state index >= 15 is 0 Å². The molecule has 2 N–H and O–H groups in total. The zero-order chi connectivity index (χ0) is 15.8. The second kappa shape index (κ2) is 11.2. The van der Waals surface area contributed by atoms with Gasteiger partial charge in [0.15, 0.2) is 5.96 Å². The van der Waals surface area contributed by atoms with E-state index in [0.717, 1.165) is 49.2 Å². The van der Waals surface area contributed by atoms with Gasteiger partial charge in [0.1, 0.15) is 6.54 Å². The van der Waals surface area contributed by atoms with Crippen molar-refractivity contribution in [2.75, 3.05) is 32.7 Å². The lowest BCUT2D eigenvalue weighted by atomic mass is 10.3. The maximum absolute atomic E-state index is 12.0. The monoisotopic (exact) mass is 514 g/mol. The molecule has 1 saturated heterocycles. The molecule has 2 rings (SSSR count). The van der Waals surface area contributed by atoms with Crippen LogP contribution >= 0.6 is 51.2 Å². The minimum atomic E-state index is 0. The van der Waals surface area contributed by atoms with E-state index in [1.54, 1.807) is 11.3 Å². The number of likely N-dealkylation sites (tertiary alicyclic amines) is 1. The third kappa shape index (κ3) is 7.38. The van der Waals surface area contributed by atoms with Gasteiger partial charge in [0.2, 0.25) is 5.91 Å². The van der Waals surface area contributed by atoms with Crippen LogP contribution in [0, 0.1) is 0 Å². The lowest BCUT2D eigenvalue weighted by Crippen LogP contribution is -2.39. The average Bonchev–Trinajstić information content (AvgIpc) is 3.16. The van der Waals surface area contributed by atoms with Gasteiger partial charge in [-0.1, -0.05) is 0 Å². The van der Waals surface area contributed by atoms with Crippen LogP contribution in [0.25, 0.3) is 0 Å². The minimum absolute atomic E-state index is 0. The molecule has 0 saturated carbocycles. The first-order chi connectivity index (χ1) is 10.7. The Kier molecular flexibility index (Phi) is 10.1. The molecule has 0 aromatic carbocycles. The molecule has 0 spiro atoms. The molecule has 0 atom stereocenters. The molecule has 1 aromatic rings. The van der Waals surface area contributed by atoms with E-state index in [1.165, 1.54) is 4.88 Å². The summed E-state index contributed by atoms with van der Waals surface area (Å²) in [5.41, 5.74) is 0. The standard InChI is InChI=1S/C15H23BrN4OS.HI/c1-2-17-15(18-8-7-12-5-6-13(16)22-12)19-11-14(21)20-9-3-4-10-20;/h5-6H,2-4,7-11H2,1H3,(H2,17,18,19);1H. The van der Waals surface area contributed by atoms with Gasteiger partial charge in [-0.3, -0.25) is 4.79 Å². The Morgan fingerprint density at radius 3 is 2.70 bits per heavy atom. The third-order valence-electron chi connectivity index (χ3n) is 3.47. The summed E-state index contributed by atoms with van der Waals surface area (Å²) in [4.78, 5) is 19.6. The fourth-order valence-electron chi connectivity index (χ4n) is 2.35. The van der Waals surface area contributed by atoms with Gasteiger partial charge in [0, 0.05) is 31.1 Å². The van der Waals surface area contributed by atoms with Gasteiger partial charge in [-0.25, -0.2) is 4.99 Å². The molecule has 1 amide bonds. The van der Waals surface area contributed by atoms with Gasteiger partial charge < -0.3 is 15.5 Å². The number of nitrogens with one attached hydrogen (secondary N) is 2. The van der Waals surface area contributed by atoms with E-state index in [9.17, 15) is 4.79 Å². The fraction of sp³-hybridized carbons (Fsp3) is 0.600. The summed E-state index contributed by atoms with van der Waals surface area (Å²) in [5.74, 6) is 0.836. The van der Waals surface area contributed by atoms with Crippen LogP contribution in [0.5, 0.6) is 0 Å². The summed E-state index contributed by atoms with van der Waals surface area (Å²) in [7, 11) is 0. The summed E-state index contributed by atoms with van der Waals surface area (Å²) < 4.78 is 1.15. The zero-order valence-corrected chi connectivity index (χ0v) is 18.0. The van der Waals surface area contributed by atoms with Crippen LogP contribution < -0.4 is 10.6 Å². The summed E-state index contributed by atoms with van der Waals surface area (Å²) in [6, 6.07) is 4.19. The number of amides is 1. The molecule has 1 aliphatic rings. The van der Waals surface area contributed by atoms with Gasteiger partial charge in [0.25, 0.3) is 0 Å². The summed E-state index contributed by atoms with van der Waals surface area (Å²) in [6.07, 6.45) is 3.18. The molecule has 23 heavy (non-hydrogen) atoms. The summed E-state index contributed by atoms with van der Waals surface area (Å²) in [5, 5.41) is 6.47. The Labute approximate surface area is 167 Å². The molecule has 0 aliphatic carbocycles. The van der Waals surface area contributed by atoms with Gasteiger partial charge in [-0.15, -0.1) is 35.3 Å². The summed E-state index contributed by atoms with van der Waals surface area (Å²) in [6.45, 7) is 5.60. The van der Waals surface area contributed by atoms with Gasteiger partial charge >= 0.3 is 0 Å². The number of halogens is 2. The van der Waals surface area contributed by atoms with Crippen LogP contribution in [0.1, 0.15) is 24.6 Å². The van der Waals surface area contributed by atoms with Crippen LogP contribution in [0.15, 0.2) is 20.9 Å². The number of guanidine groups is 1. The molecule has 2 heterocycles. The minimum Gasteiger partial charge on any atom is -0.357 e. The first-order valence-electron chi connectivity index (χ1n) is 7.73. The number of aliphatic imine (C=N–C) groups is 1. The Bertz CT molecular complexity index is 517. The maximum atomic E-state index is 12.0.